The van der Waals surface area contributed by atoms with E-state index in [2.05, 4.69) is 15.9 Å². The maximum Gasteiger partial charge on any atom is 0.128 e. The minimum absolute atomic E-state index is 0.221. The van der Waals surface area contributed by atoms with Gasteiger partial charge in [0.05, 0.1) is 6.10 Å². The Balaban J connectivity index is 1.97. The quantitative estimate of drug-likeness (QED) is 0.784. The van der Waals surface area contributed by atoms with E-state index in [1.54, 1.807) is 0 Å². The van der Waals surface area contributed by atoms with E-state index in [0.717, 1.165) is 26.9 Å². The molecule has 0 spiro atoms. The highest BCUT2D eigenvalue weighted by Gasteiger charge is 2.29. The average molecular weight is 354 g/mol. The summed E-state index contributed by atoms with van der Waals surface area (Å²) in [6.07, 6.45) is -0.234. The molecule has 0 radical (unpaired) electrons. The fourth-order valence-electron chi connectivity index (χ4n) is 2.52. The molecule has 2 nitrogen and oxygen atoms in total. The maximum absolute atomic E-state index is 10.3. The molecule has 0 aliphatic carbocycles. The lowest BCUT2D eigenvalue weighted by molar-refractivity contribution is 0.0657. The number of benzene rings is 2. The van der Waals surface area contributed by atoms with Gasteiger partial charge in [-0.3, -0.25) is 0 Å². The molecular formula is C16H14BrClO2. The molecule has 2 aromatic rings. The zero-order valence-corrected chi connectivity index (χ0v) is 13.3. The van der Waals surface area contributed by atoms with Crippen LogP contribution in [0.4, 0.5) is 0 Å². The van der Waals surface area contributed by atoms with Gasteiger partial charge in [0, 0.05) is 27.0 Å². The number of fused-ring (bicyclic) bond motifs is 1. The summed E-state index contributed by atoms with van der Waals surface area (Å²) in [5.41, 5.74) is 2.88. The number of aliphatic hydroxyl groups excluding tert-OH is 1. The van der Waals surface area contributed by atoms with Gasteiger partial charge in [0.15, 0.2) is 0 Å². The Morgan fingerprint density at radius 1 is 1.20 bits per heavy atom. The van der Waals surface area contributed by atoms with Gasteiger partial charge >= 0.3 is 0 Å². The summed E-state index contributed by atoms with van der Waals surface area (Å²) < 4.78 is 6.93. The molecule has 0 fully saturated rings. The summed E-state index contributed by atoms with van der Waals surface area (Å²) in [6.45, 7) is 2.00. The van der Waals surface area contributed by atoms with Crippen LogP contribution < -0.4 is 4.74 Å². The number of halogens is 2. The molecule has 1 aliphatic heterocycles. The Morgan fingerprint density at radius 2 is 2.00 bits per heavy atom. The fraction of sp³-hybridized carbons (Fsp3) is 0.250. The number of rotatable bonds is 1. The highest BCUT2D eigenvalue weighted by molar-refractivity contribution is 9.10. The van der Waals surface area contributed by atoms with Crippen LogP contribution in [0.5, 0.6) is 5.75 Å². The maximum atomic E-state index is 10.3. The van der Waals surface area contributed by atoms with E-state index < -0.39 is 6.10 Å². The van der Waals surface area contributed by atoms with Crippen LogP contribution in [0.2, 0.25) is 5.02 Å². The monoisotopic (exact) mass is 352 g/mol. The Labute approximate surface area is 131 Å². The summed E-state index contributed by atoms with van der Waals surface area (Å²) in [4.78, 5) is 0. The summed E-state index contributed by atoms with van der Waals surface area (Å²) >= 11 is 9.66. The van der Waals surface area contributed by atoms with Crippen molar-refractivity contribution in [1.29, 1.82) is 0 Å². The van der Waals surface area contributed by atoms with E-state index >= 15 is 0 Å². The molecule has 4 heteroatoms. The number of hydrogen-bond acceptors (Lipinski definition) is 2. The van der Waals surface area contributed by atoms with Crippen LogP contribution in [-0.4, -0.2) is 5.11 Å². The number of aliphatic hydroxyl groups is 1. The van der Waals surface area contributed by atoms with E-state index in [1.165, 1.54) is 0 Å². The van der Waals surface area contributed by atoms with Crippen molar-refractivity contribution in [2.45, 2.75) is 25.6 Å². The highest BCUT2D eigenvalue weighted by Crippen LogP contribution is 2.42. The minimum Gasteiger partial charge on any atom is -0.485 e. The molecule has 2 unspecified atom stereocenters. The standard InChI is InChI=1S/C16H14BrClO2/c1-9-2-5-15-12(6-9)14(19)8-16(20-15)11-4-3-10(17)7-13(11)18/h2-7,14,16,19H,8H2,1H3. The van der Waals surface area contributed by atoms with Crippen molar-refractivity contribution in [2.75, 3.05) is 0 Å². The second kappa shape index (κ2) is 5.40. The van der Waals surface area contributed by atoms with Crippen molar-refractivity contribution in [3.63, 3.8) is 0 Å². The second-order valence-electron chi connectivity index (χ2n) is 5.07. The first-order chi connectivity index (χ1) is 9.54. The van der Waals surface area contributed by atoms with Gasteiger partial charge < -0.3 is 9.84 Å². The zero-order valence-electron chi connectivity index (χ0n) is 10.9. The summed E-state index contributed by atoms with van der Waals surface area (Å²) in [5, 5.41) is 11.0. The molecule has 0 amide bonds. The molecule has 2 aromatic carbocycles. The van der Waals surface area contributed by atoms with Gasteiger partial charge in [-0.15, -0.1) is 0 Å². The smallest absolute Gasteiger partial charge is 0.128 e. The summed E-state index contributed by atoms with van der Waals surface area (Å²) in [6, 6.07) is 11.6. The van der Waals surface area contributed by atoms with Crippen LogP contribution in [0.25, 0.3) is 0 Å². The van der Waals surface area contributed by atoms with Gasteiger partial charge in [0.2, 0.25) is 0 Å². The highest BCUT2D eigenvalue weighted by atomic mass is 79.9. The van der Waals surface area contributed by atoms with Crippen molar-refractivity contribution >= 4 is 27.5 Å². The third-order valence-corrected chi connectivity index (χ3v) is 4.36. The number of hydrogen-bond donors (Lipinski definition) is 1. The van der Waals surface area contributed by atoms with Crippen LogP contribution in [0.3, 0.4) is 0 Å². The van der Waals surface area contributed by atoms with Gasteiger partial charge in [0.1, 0.15) is 11.9 Å². The lowest BCUT2D eigenvalue weighted by atomic mass is 9.94. The Hall–Kier alpha value is -1.03. The normalized spacial score (nSPS) is 21.2. The van der Waals surface area contributed by atoms with Gasteiger partial charge in [-0.2, -0.15) is 0 Å². The zero-order chi connectivity index (χ0) is 14.3. The molecule has 1 aliphatic rings. The second-order valence-corrected chi connectivity index (χ2v) is 6.39. The third-order valence-electron chi connectivity index (χ3n) is 3.54. The first kappa shape index (κ1) is 13.9. The summed E-state index contributed by atoms with van der Waals surface area (Å²) in [5.74, 6) is 0.735. The molecule has 0 bridgehead atoms. The first-order valence-electron chi connectivity index (χ1n) is 6.45. The van der Waals surface area contributed by atoms with Gasteiger partial charge in [-0.1, -0.05) is 45.2 Å². The predicted octanol–water partition coefficient (Wildman–Crippen LogP) is 4.97. The van der Waals surface area contributed by atoms with Crippen molar-refractivity contribution < 1.29 is 9.84 Å². The molecule has 104 valence electrons. The Kier molecular flexibility index (Phi) is 3.76. The van der Waals surface area contributed by atoms with Crippen molar-refractivity contribution in [3.05, 3.63) is 62.6 Å². The molecule has 0 saturated carbocycles. The molecule has 0 aromatic heterocycles. The van der Waals surface area contributed by atoms with E-state index in [1.807, 2.05) is 43.3 Å². The van der Waals surface area contributed by atoms with Crippen LogP contribution in [0.15, 0.2) is 40.9 Å². The van der Waals surface area contributed by atoms with Crippen LogP contribution in [0, 0.1) is 6.92 Å². The van der Waals surface area contributed by atoms with Gasteiger partial charge in [-0.25, -0.2) is 0 Å². The SMILES string of the molecule is Cc1ccc2c(c1)C(O)CC(c1ccc(Br)cc1Cl)O2. The Bertz CT molecular complexity index is 657. The molecule has 20 heavy (non-hydrogen) atoms. The fourth-order valence-corrected chi connectivity index (χ4v) is 3.31. The first-order valence-corrected chi connectivity index (χ1v) is 7.62. The lowest BCUT2D eigenvalue weighted by Crippen LogP contribution is -2.19. The molecule has 2 atom stereocenters. The number of ether oxygens (including phenoxy) is 1. The van der Waals surface area contributed by atoms with Crippen LogP contribution >= 0.6 is 27.5 Å². The van der Waals surface area contributed by atoms with Gasteiger partial charge in [-0.05, 0) is 31.2 Å². The van der Waals surface area contributed by atoms with Gasteiger partial charge in [0.25, 0.3) is 0 Å². The van der Waals surface area contributed by atoms with E-state index in [4.69, 9.17) is 16.3 Å². The number of aryl methyl sites for hydroxylation is 1. The van der Waals surface area contributed by atoms with E-state index in [-0.39, 0.29) is 6.10 Å². The van der Waals surface area contributed by atoms with Crippen molar-refractivity contribution in [2.24, 2.45) is 0 Å². The molecule has 3 rings (SSSR count). The average Bonchev–Trinajstić information content (AvgIpc) is 2.39. The Morgan fingerprint density at radius 3 is 2.75 bits per heavy atom. The topological polar surface area (TPSA) is 29.5 Å². The largest absolute Gasteiger partial charge is 0.485 e. The van der Waals surface area contributed by atoms with Crippen LogP contribution in [0.1, 0.15) is 35.3 Å². The molecule has 1 heterocycles. The lowest BCUT2D eigenvalue weighted by Gasteiger charge is -2.30. The molecule has 0 saturated heterocycles. The van der Waals surface area contributed by atoms with E-state index in [9.17, 15) is 5.11 Å². The molecular weight excluding hydrogens is 340 g/mol. The molecule has 1 N–H and O–H groups in total. The summed E-state index contributed by atoms with van der Waals surface area (Å²) in [7, 11) is 0. The van der Waals surface area contributed by atoms with Crippen molar-refractivity contribution in [3.8, 4) is 5.75 Å². The van der Waals surface area contributed by atoms with E-state index in [0.29, 0.717) is 11.4 Å². The van der Waals surface area contributed by atoms with Crippen LogP contribution in [-0.2, 0) is 0 Å². The third kappa shape index (κ3) is 2.58. The van der Waals surface area contributed by atoms with Crippen molar-refractivity contribution in [1.82, 2.24) is 0 Å². The predicted molar refractivity (Wildman–Crippen MR) is 83.3 cm³/mol. The minimum atomic E-state index is -0.525.